The van der Waals surface area contributed by atoms with Gasteiger partial charge in [-0.15, -0.1) is 35.3 Å². The van der Waals surface area contributed by atoms with Crippen LogP contribution in [0.1, 0.15) is 35.4 Å². The number of aliphatic hydroxyl groups is 1. The fraction of sp³-hybridized carbons (Fsp3) is 0.444. The molecule has 0 aliphatic heterocycles. The van der Waals surface area contributed by atoms with Crippen molar-refractivity contribution in [3.8, 4) is 0 Å². The molecule has 0 fully saturated rings. The number of rotatable bonds is 8. The van der Waals surface area contributed by atoms with E-state index in [0.29, 0.717) is 21.6 Å². The van der Waals surface area contributed by atoms with Crippen molar-refractivity contribution < 1.29 is 5.11 Å². The van der Waals surface area contributed by atoms with Crippen molar-refractivity contribution in [3.63, 3.8) is 0 Å². The molecule has 0 saturated heterocycles. The Balaban J connectivity index is 0.00000364. The maximum atomic E-state index is 10.3. The van der Waals surface area contributed by atoms with Gasteiger partial charge in [0, 0.05) is 40.6 Å². The van der Waals surface area contributed by atoms with Crippen molar-refractivity contribution in [2.75, 3.05) is 19.6 Å². The van der Waals surface area contributed by atoms with Crippen molar-refractivity contribution >= 4 is 64.5 Å². The van der Waals surface area contributed by atoms with Crippen LogP contribution in [0, 0.1) is 0 Å². The molecule has 0 bridgehead atoms. The Kier molecular flexibility index (Phi) is 11.6. The Morgan fingerprint density at radius 1 is 1.22 bits per heavy atom. The van der Waals surface area contributed by atoms with Gasteiger partial charge < -0.3 is 15.7 Å². The molecular formula is C18H25Cl2IN4OS. The monoisotopic (exact) mass is 542 g/mol. The van der Waals surface area contributed by atoms with Gasteiger partial charge in [0.1, 0.15) is 0 Å². The van der Waals surface area contributed by atoms with Crippen molar-refractivity contribution in [2.45, 2.75) is 32.8 Å². The molecule has 1 unspecified atom stereocenters. The van der Waals surface area contributed by atoms with Gasteiger partial charge in [-0.3, -0.25) is 4.99 Å². The second kappa shape index (κ2) is 12.8. The highest BCUT2D eigenvalue weighted by Gasteiger charge is 2.10. The number of nitrogens with one attached hydrogen (secondary N) is 2. The van der Waals surface area contributed by atoms with Crippen LogP contribution in [0.25, 0.3) is 0 Å². The fourth-order valence-corrected chi connectivity index (χ4v) is 3.71. The minimum Gasteiger partial charge on any atom is -0.386 e. The van der Waals surface area contributed by atoms with Crippen LogP contribution in [0.5, 0.6) is 0 Å². The summed E-state index contributed by atoms with van der Waals surface area (Å²) in [7, 11) is 0. The molecular weight excluding hydrogens is 518 g/mol. The number of nitrogens with zero attached hydrogens (tertiary/aromatic N) is 2. The van der Waals surface area contributed by atoms with Crippen LogP contribution in [-0.4, -0.2) is 35.7 Å². The zero-order valence-corrected chi connectivity index (χ0v) is 20.0. The van der Waals surface area contributed by atoms with Crippen molar-refractivity contribution in [2.24, 2.45) is 4.99 Å². The van der Waals surface area contributed by atoms with E-state index < -0.39 is 6.10 Å². The molecule has 27 heavy (non-hydrogen) atoms. The van der Waals surface area contributed by atoms with Gasteiger partial charge >= 0.3 is 0 Å². The Morgan fingerprint density at radius 3 is 2.52 bits per heavy atom. The average molecular weight is 543 g/mol. The summed E-state index contributed by atoms with van der Waals surface area (Å²) in [6, 6.07) is 5.03. The molecule has 0 saturated carbocycles. The first-order valence-corrected chi connectivity index (χ1v) is 10.2. The standard InChI is InChI=1S/C18H24Cl2N4OS.HI/c1-3-15-10-23-17(26-15)5-6-22-18(21-4-2)24-11-16(25)12-7-13(19)9-14(20)8-12;/h7-10,16,25H,3-6,11H2,1-2H3,(H2,21,22,24);1H. The predicted molar refractivity (Wildman–Crippen MR) is 126 cm³/mol. The van der Waals surface area contributed by atoms with E-state index in [1.54, 1.807) is 29.5 Å². The van der Waals surface area contributed by atoms with E-state index in [-0.39, 0.29) is 30.5 Å². The lowest BCUT2D eigenvalue weighted by Gasteiger charge is -2.13. The van der Waals surface area contributed by atoms with Gasteiger partial charge in [0.25, 0.3) is 0 Å². The third-order valence-electron chi connectivity index (χ3n) is 3.62. The number of benzene rings is 1. The highest BCUT2D eigenvalue weighted by atomic mass is 127. The lowest BCUT2D eigenvalue weighted by atomic mass is 10.1. The van der Waals surface area contributed by atoms with E-state index >= 15 is 0 Å². The van der Waals surface area contributed by atoms with Crippen LogP contribution in [0.3, 0.4) is 0 Å². The summed E-state index contributed by atoms with van der Waals surface area (Å²) in [6.45, 7) is 5.80. The maximum Gasteiger partial charge on any atom is 0.191 e. The Labute approximate surface area is 191 Å². The molecule has 2 aromatic rings. The Morgan fingerprint density at radius 2 is 1.93 bits per heavy atom. The second-order valence-corrected chi connectivity index (χ2v) is 7.76. The summed E-state index contributed by atoms with van der Waals surface area (Å²) in [5, 5.41) is 18.9. The van der Waals surface area contributed by atoms with E-state index in [2.05, 4.69) is 27.5 Å². The minimum atomic E-state index is -0.771. The molecule has 2 rings (SSSR count). The summed E-state index contributed by atoms with van der Waals surface area (Å²) >= 11 is 13.7. The highest BCUT2D eigenvalue weighted by Crippen LogP contribution is 2.23. The number of aromatic nitrogens is 1. The van der Waals surface area contributed by atoms with Crippen molar-refractivity contribution in [1.29, 1.82) is 0 Å². The lowest BCUT2D eigenvalue weighted by molar-refractivity contribution is 0.187. The molecule has 150 valence electrons. The van der Waals surface area contributed by atoms with Gasteiger partial charge in [-0.05, 0) is 37.1 Å². The van der Waals surface area contributed by atoms with Gasteiger partial charge in [0.15, 0.2) is 5.96 Å². The third kappa shape index (κ3) is 8.51. The van der Waals surface area contributed by atoms with Crippen LogP contribution in [0.15, 0.2) is 29.4 Å². The number of aliphatic hydroxyl groups excluding tert-OH is 1. The maximum absolute atomic E-state index is 10.3. The Hall–Kier alpha value is -0.610. The number of hydrogen-bond acceptors (Lipinski definition) is 4. The van der Waals surface area contributed by atoms with Crippen LogP contribution >= 0.6 is 58.5 Å². The SMILES string of the molecule is CCNC(=NCC(O)c1cc(Cl)cc(Cl)c1)NCCc1ncc(CC)s1.I. The smallest absolute Gasteiger partial charge is 0.191 e. The molecule has 0 radical (unpaired) electrons. The van der Waals surface area contributed by atoms with Crippen molar-refractivity contribution in [3.05, 3.63) is 49.9 Å². The summed E-state index contributed by atoms with van der Waals surface area (Å²) in [5.41, 5.74) is 0.650. The van der Waals surface area contributed by atoms with Crippen LogP contribution < -0.4 is 10.6 Å². The van der Waals surface area contributed by atoms with Gasteiger partial charge in [0.2, 0.25) is 0 Å². The predicted octanol–water partition coefficient (Wildman–Crippen LogP) is 4.46. The summed E-state index contributed by atoms with van der Waals surface area (Å²) in [5.74, 6) is 0.659. The molecule has 3 N–H and O–H groups in total. The number of halogens is 3. The van der Waals surface area contributed by atoms with Gasteiger partial charge in [0.05, 0.1) is 17.7 Å². The normalized spacial score (nSPS) is 12.4. The van der Waals surface area contributed by atoms with E-state index in [4.69, 9.17) is 23.2 Å². The van der Waals surface area contributed by atoms with E-state index in [1.165, 1.54) is 4.88 Å². The highest BCUT2D eigenvalue weighted by molar-refractivity contribution is 14.0. The summed E-state index contributed by atoms with van der Waals surface area (Å²) in [4.78, 5) is 10.2. The third-order valence-corrected chi connectivity index (χ3v) is 5.26. The quantitative estimate of drug-likeness (QED) is 0.262. The van der Waals surface area contributed by atoms with Crippen LogP contribution in [0.2, 0.25) is 10.0 Å². The van der Waals surface area contributed by atoms with Crippen LogP contribution in [-0.2, 0) is 12.8 Å². The summed E-state index contributed by atoms with van der Waals surface area (Å²) in [6.07, 6.45) is 3.02. The molecule has 0 aliphatic rings. The number of aryl methyl sites for hydroxylation is 1. The zero-order chi connectivity index (χ0) is 18.9. The molecule has 1 aromatic heterocycles. The molecule has 0 spiro atoms. The van der Waals surface area contributed by atoms with Gasteiger partial charge in [-0.25, -0.2) is 4.98 Å². The zero-order valence-electron chi connectivity index (χ0n) is 15.3. The minimum absolute atomic E-state index is 0. The number of guanidine groups is 1. The van der Waals surface area contributed by atoms with Gasteiger partial charge in [-0.1, -0.05) is 30.1 Å². The van der Waals surface area contributed by atoms with Gasteiger partial charge in [-0.2, -0.15) is 0 Å². The summed E-state index contributed by atoms with van der Waals surface area (Å²) < 4.78 is 0. The first-order valence-electron chi connectivity index (χ1n) is 8.61. The second-order valence-electron chi connectivity index (χ2n) is 5.69. The lowest BCUT2D eigenvalue weighted by Crippen LogP contribution is -2.38. The Bertz CT molecular complexity index is 722. The fourth-order valence-electron chi connectivity index (χ4n) is 2.31. The van der Waals surface area contributed by atoms with E-state index in [0.717, 1.165) is 30.9 Å². The molecule has 0 aliphatic carbocycles. The molecule has 5 nitrogen and oxygen atoms in total. The first-order chi connectivity index (χ1) is 12.5. The molecule has 0 amide bonds. The molecule has 1 heterocycles. The van der Waals surface area contributed by atoms with E-state index in [9.17, 15) is 5.11 Å². The van der Waals surface area contributed by atoms with E-state index in [1.807, 2.05) is 13.1 Å². The first kappa shape index (κ1) is 24.4. The van der Waals surface area contributed by atoms with Crippen molar-refractivity contribution in [1.82, 2.24) is 15.6 Å². The molecule has 1 aromatic carbocycles. The molecule has 1 atom stereocenters. The number of hydrogen-bond donors (Lipinski definition) is 3. The topological polar surface area (TPSA) is 69.5 Å². The molecule has 9 heteroatoms. The number of thiazole rings is 1. The number of aliphatic imine (C=N–C) groups is 1. The largest absolute Gasteiger partial charge is 0.386 e. The van der Waals surface area contributed by atoms with Crippen LogP contribution in [0.4, 0.5) is 0 Å². The average Bonchev–Trinajstić information content (AvgIpc) is 3.06.